The Morgan fingerprint density at radius 2 is 2.18 bits per heavy atom. The molecule has 0 atom stereocenters. The molecule has 7 heteroatoms. The van der Waals surface area contributed by atoms with E-state index in [1.165, 1.54) is 0 Å². The normalized spacial score (nSPS) is 16.5. The van der Waals surface area contributed by atoms with Crippen LogP contribution in [0, 0.1) is 6.92 Å². The maximum Gasteiger partial charge on any atom is 0.373 e. The molecule has 92 valence electrons. The van der Waals surface area contributed by atoms with Crippen molar-refractivity contribution >= 4 is 17.9 Å². The van der Waals surface area contributed by atoms with Crippen LogP contribution >= 0.6 is 0 Å². The van der Waals surface area contributed by atoms with Gasteiger partial charge in [0.15, 0.2) is 0 Å². The lowest BCUT2D eigenvalue weighted by Crippen LogP contribution is -2.48. The lowest BCUT2D eigenvalue weighted by Gasteiger charge is -2.30. The zero-order valence-corrected chi connectivity index (χ0v) is 9.63. The maximum absolute atomic E-state index is 11.5. The van der Waals surface area contributed by atoms with Crippen molar-refractivity contribution in [3.8, 4) is 0 Å². The number of carboxylic acid groups (broad SMARTS) is 1. The summed E-state index contributed by atoms with van der Waals surface area (Å²) in [6.45, 7) is 2.88. The zero-order valence-electron chi connectivity index (χ0n) is 9.63. The number of carbonyl (C=O) groups excluding carboxylic acids is 1. The molecule has 1 aliphatic rings. The number of carbonyl (C=O) groups is 2. The molecule has 0 unspecified atom stereocenters. The first kappa shape index (κ1) is 11.4. The molecule has 17 heavy (non-hydrogen) atoms. The quantitative estimate of drug-likeness (QED) is 0.779. The minimum Gasteiger partial charge on any atom is -0.475 e. The number of piperazine rings is 1. The highest BCUT2D eigenvalue weighted by Crippen LogP contribution is 2.19. The Kier molecular flexibility index (Phi) is 2.74. The number of likely N-dealkylation sites (N-methyl/N-ethyl adjacent to an activating group) is 1. The van der Waals surface area contributed by atoms with Crippen LogP contribution in [0.3, 0.4) is 0 Å². The van der Waals surface area contributed by atoms with Gasteiger partial charge in [-0.15, -0.1) is 0 Å². The second kappa shape index (κ2) is 4.08. The lowest BCUT2D eigenvalue weighted by atomic mass is 10.3. The Labute approximate surface area is 97.6 Å². The number of nitrogens with zero attached hydrogens (tertiary/aromatic N) is 3. The summed E-state index contributed by atoms with van der Waals surface area (Å²) >= 11 is 0. The zero-order chi connectivity index (χ0) is 12.6. The number of aromatic carboxylic acids is 1. The molecule has 2 heterocycles. The molecule has 1 aliphatic heterocycles. The molecule has 1 aromatic rings. The van der Waals surface area contributed by atoms with E-state index in [-0.39, 0.29) is 24.2 Å². The molecule has 7 nitrogen and oxygen atoms in total. The number of amides is 1. The second-order valence-electron chi connectivity index (χ2n) is 3.95. The Morgan fingerprint density at radius 1 is 1.47 bits per heavy atom. The Balaban J connectivity index is 2.21. The number of hydrogen-bond acceptors (Lipinski definition) is 5. The number of aryl methyl sites for hydroxylation is 1. The Morgan fingerprint density at radius 3 is 2.71 bits per heavy atom. The van der Waals surface area contributed by atoms with E-state index in [4.69, 9.17) is 9.52 Å². The number of anilines is 1. The Bertz CT molecular complexity index is 468. The van der Waals surface area contributed by atoms with Crippen LogP contribution in [-0.2, 0) is 4.79 Å². The molecule has 0 spiro atoms. The van der Waals surface area contributed by atoms with Crippen molar-refractivity contribution < 1.29 is 19.1 Å². The third kappa shape index (κ3) is 2.08. The Hall–Kier alpha value is -2.05. The van der Waals surface area contributed by atoms with Crippen LogP contribution in [0.25, 0.3) is 0 Å². The van der Waals surface area contributed by atoms with Gasteiger partial charge >= 0.3 is 5.97 Å². The monoisotopic (exact) mass is 239 g/mol. The molecule has 0 aliphatic carbocycles. The van der Waals surface area contributed by atoms with Crippen molar-refractivity contribution in [3.05, 3.63) is 11.5 Å². The molecule has 1 fully saturated rings. The number of oxazole rings is 1. The molecule has 0 radical (unpaired) electrons. The topological polar surface area (TPSA) is 86.9 Å². The summed E-state index contributed by atoms with van der Waals surface area (Å²) < 4.78 is 5.14. The average Bonchev–Trinajstić information content (AvgIpc) is 2.64. The third-order valence-electron chi connectivity index (χ3n) is 2.71. The van der Waals surface area contributed by atoms with Gasteiger partial charge in [0.2, 0.25) is 11.7 Å². The number of aromatic nitrogens is 1. The van der Waals surface area contributed by atoms with E-state index in [1.807, 2.05) is 0 Å². The molecular weight excluding hydrogens is 226 g/mol. The van der Waals surface area contributed by atoms with E-state index in [0.29, 0.717) is 18.8 Å². The van der Waals surface area contributed by atoms with Crippen LogP contribution in [0.2, 0.25) is 0 Å². The fourth-order valence-corrected chi connectivity index (χ4v) is 1.64. The van der Waals surface area contributed by atoms with Crippen LogP contribution in [-0.4, -0.2) is 53.5 Å². The number of hydrogen-bond donors (Lipinski definition) is 1. The summed E-state index contributed by atoms with van der Waals surface area (Å²) in [7, 11) is 1.73. The van der Waals surface area contributed by atoms with Gasteiger partial charge in [-0.1, -0.05) is 0 Å². The first-order valence-electron chi connectivity index (χ1n) is 5.18. The third-order valence-corrected chi connectivity index (χ3v) is 2.71. The van der Waals surface area contributed by atoms with Crippen molar-refractivity contribution in [2.75, 3.05) is 31.6 Å². The summed E-state index contributed by atoms with van der Waals surface area (Å²) in [5.74, 6) is -1.36. The summed E-state index contributed by atoms with van der Waals surface area (Å²) in [5, 5.41) is 8.84. The summed E-state index contributed by atoms with van der Waals surface area (Å²) in [6, 6.07) is 0.196. The minimum atomic E-state index is -1.15. The van der Waals surface area contributed by atoms with Crippen molar-refractivity contribution in [2.45, 2.75) is 6.92 Å². The van der Waals surface area contributed by atoms with E-state index in [1.54, 1.807) is 23.8 Å². The summed E-state index contributed by atoms with van der Waals surface area (Å²) in [6.07, 6.45) is 0. The number of rotatable bonds is 2. The van der Waals surface area contributed by atoms with Crippen LogP contribution in [0.4, 0.5) is 6.01 Å². The van der Waals surface area contributed by atoms with Gasteiger partial charge in [0.1, 0.15) is 6.54 Å². The molecule has 0 bridgehead atoms. The van der Waals surface area contributed by atoms with Gasteiger partial charge in [-0.25, -0.2) is 4.79 Å². The van der Waals surface area contributed by atoms with E-state index in [9.17, 15) is 9.59 Å². The molecular formula is C10H13N3O4. The van der Waals surface area contributed by atoms with Crippen LogP contribution in [0.5, 0.6) is 0 Å². The van der Waals surface area contributed by atoms with E-state index in [2.05, 4.69) is 4.98 Å². The van der Waals surface area contributed by atoms with Gasteiger partial charge in [0, 0.05) is 20.1 Å². The lowest BCUT2D eigenvalue weighted by molar-refractivity contribution is -0.129. The highest BCUT2D eigenvalue weighted by Gasteiger charge is 2.26. The van der Waals surface area contributed by atoms with Crippen molar-refractivity contribution in [1.82, 2.24) is 9.88 Å². The fraction of sp³-hybridized carbons (Fsp3) is 0.500. The van der Waals surface area contributed by atoms with Crippen LogP contribution < -0.4 is 4.90 Å². The van der Waals surface area contributed by atoms with Gasteiger partial charge in [-0.05, 0) is 6.92 Å². The summed E-state index contributed by atoms with van der Waals surface area (Å²) in [4.78, 5) is 29.6. The summed E-state index contributed by atoms with van der Waals surface area (Å²) in [5.41, 5.74) is 0.318. The largest absolute Gasteiger partial charge is 0.475 e. The molecule has 1 N–H and O–H groups in total. The molecule has 1 saturated heterocycles. The highest BCUT2D eigenvalue weighted by molar-refractivity contribution is 5.86. The molecule has 1 amide bonds. The predicted octanol–water partition coefficient (Wildman–Crippen LogP) is -0.0404. The predicted molar refractivity (Wildman–Crippen MR) is 58.0 cm³/mol. The minimum absolute atomic E-state index is 0.0380. The van der Waals surface area contributed by atoms with Crippen molar-refractivity contribution in [3.63, 3.8) is 0 Å². The molecule has 0 aromatic carbocycles. The fourth-order valence-electron chi connectivity index (χ4n) is 1.64. The van der Waals surface area contributed by atoms with Crippen LogP contribution in [0.15, 0.2) is 4.42 Å². The van der Waals surface area contributed by atoms with Gasteiger partial charge in [-0.3, -0.25) is 4.79 Å². The first-order chi connectivity index (χ1) is 7.99. The molecule has 2 rings (SSSR count). The van der Waals surface area contributed by atoms with Gasteiger partial charge in [0.05, 0.1) is 5.69 Å². The van der Waals surface area contributed by atoms with Gasteiger partial charge < -0.3 is 19.3 Å². The van der Waals surface area contributed by atoms with Gasteiger partial charge in [0.25, 0.3) is 6.01 Å². The number of carboxylic acids is 1. The van der Waals surface area contributed by atoms with E-state index in [0.717, 1.165) is 0 Å². The standard InChI is InChI=1S/C10H13N3O4/c1-6-8(9(15)16)17-10(11-6)13-4-3-12(2)7(14)5-13/h3-5H2,1-2H3,(H,15,16). The highest BCUT2D eigenvalue weighted by atomic mass is 16.4. The van der Waals surface area contributed by atoms with E-state index >= 15 is 0 Å². The van der Waals surface area contributed by atoms with Crippen LogP contribution in [0.1, 0.15) is 16.2 Å². The molecule has 0 saturated carbocycles. The second-order valence-corrected chi connectivity index (χ2v) is 3.95. The average molecular weight is 239 g/mol. The maximum atomic E-state index is 11.5. The van der Waals surface area contributed by atoms with Gasteiger partial charge in [-0.2, -0.15) is 4.98 Å². The van der Waals surface area contributed by atoms with E-state index < -0.39 is 5.97 Å². The molecule has 1 aromatic heterocycles. The SMILES string of the molecule is Cc1nc(N2CCN(C)C(=O)C2)oc1C(=O)O. The smallest absolute Gasteiger partial charge is 0.373 e. The van der Waals surface area contributed by atoms with Crippen molar-refractivity contribution in [2.24, 2.45) is 0 Å². The van der Waals surface area contributed by atoms with Crippen molar-refractivity contribution in [1.29, 1.82) is 0 Å². The first-order valence-corrected chi connectivity index (χ1v) is 5.18.